The van der Waals surface area contributed by atoms with Gasteiger partial charge in [0.15, 0.2) is 0 Å². The number of amides is 2. The van der Waals surface area contributed by atoms with Gasteiger partial charge >= 0.3 is 0 Å². The van der Waals surface area contributed by atoms with E-state index in [0.717, 1.165) is 16.3 Å². The van der Waals surface area contributed by atoms with E-state index in [9.17, 15) is 14.7 Å². The van der Waals surface area contributed by atoms with Gasteiger partial charge in [-0.25, -0.2) is 5.43 Å². The second-order valence-corrected chi connectivity index (χ2v) is 7.26. The van der Waals surface area contributed by atoms with Crippen LogP contribution in [0.2, 0.25) is 0 Å². The number of benzene rings is 4. The van der Waals surface area contributed by atoms with Gasteiger partial charge in [0.25, 0.3) is 11.8 Å². The van der Waals surface area contributed by atoms with Gasteiger partial charge < -0.3 is 10.4 Å². The molecule has 0 saturated carbocycles. The number of nitrogens with one attached hydrogen (secondary N) is 2. The molecule has 4 aromatic carbocycles. The van der Waals surface area contributed by atoms with Crippen molar-refractivity contribution in [3.05, 3.63) is 108 Å². The van der Waals surface area contributed by atoms with E-state index in [1.165, 1.54) is 0 Å². The number of phenolic OH excluding ortho intramolecular Hbond substituents is 1. The second-order valence-electron chi connectivity index (χ2n) is 7.26. The minimum atomic E-state index is -0.513. The van der Waals surface area contributed by atoms with E-state index in [-0.39, 0.29) is 17.2 Å². The molecule has 0 aromatic heterocycles. The Hall–Kier alpha value is -4.45. The molecule has 0 saturated heterocycles. The number of aromatic hydroxyl groups is 1. The standard InChI is InChI=1S/C26H21N3O3/c1-17(19-12-7-13-22(14-19)27-25(31)18-8-3-2-4-9-18)28-29-26(32)23-15-20-10-5-6-11-21(20)16-24(23)30/h2-16,30H,1H3,(H,27,31)(H,29,32)/b28-17-. The maximum Gasteiger partial charge on any atom is 0.275 e. The van der Waals surface area contributed by atoms with Gasteiger partial charge in [-0.05, 0) is 59.7 Å². The van der Waals surface area contributed by atoms with Crippen molar-refractivity contribution >= 4 is 34.0 Å². The zero-order chi connectivity index (χ0) is 22.5. The van der Waals surface area contributed by atoms with Crippen molar-refractivity contribution in [1.82, 2.24) is 5.43 Å². The van der Waals surface area contributed by atoms with Gasteiger partial charge in [-0.3, -0.25) is 9.59 Å². The molecule has 4 rings (SSSR count). The van der Waals surface area contributed by atoms with Crippen LogP contribution < -0.4 is 10.7 Å². The van der Waals surface area contributed by atoms with Crippen LogP contribution in [0.4, 0.5) is 5.69 Å². The van der Waals surface area contributed by atoms with Crippen molar-refractivity contribution in [3.63, 3.8) is 0 Å². The van der Waals surface area contributed by atoms with Gasteiger partial charge in [0, 0.05) is 11.3 Å². The zero-order valence-electron chi connectivity index (χ0n) is 17.4. The monoisotopic (exact) mass is 423 g/mol. The molecule has 0 radical (unpaired) electrons. The van der Waals surface area contributed by atoms with Crippen LogP contribution in [0.3, 0.4) is 0 Å². The van der Waals surface area contributed by atoms with Crippen LogP contribution in [0.1, 0.15) is 33.2 Å². The highest BCUT2D eigenvalue weighted by Gasteiger charge is 2.12. The van der Waals surface area contributed by atoms with E-state index in [4.69, 9.17) is 0 Å². The van der Waals surface area contributed by atoms with Gasteiger partial charge in [0.1, 0.15) is 5.75 Å². The number of hydrogen-bond acceptors (Lipinski definition) is 4. The predicted molar refractivity (Wildman–Crippen MR) is 126 cm³/mol. The van der Waals surface area contributed by atoms with Gasteiger partial charge in [0.2, 0.25) is 0 Å². The Morgan fingerprint density at radius 2 is 1.41 bits per heavy atom. The first-order valence-electron chi connectivity index (χ1n) is 10.0. The van der Waals surface area contributed by atoms with Crippen molar-refractivity contribution in [2.45, 2.75) is 6.92 Å². The summed E-state index contributed by atoms with van der Waals surface area (Å²) >= 11 is 0. The fourth-order valence-electron chi connectivity index (χ4n) is 3.28. The lowest BCUT2D eigenvalue weighted by atomic mass is 10.1. The third kappa shape index (κ3) is 4.65. The Balaban J connectivity index is 1.48. The van der Waals surface area contributed by atoms with E-state index in [2.05, 4.69) is 15.8 Å². The summed E-state index contributed by atoms with van der Waals surface area (Å²) in [6.45, 7) is 1.75. The molecule has 2 amide bonds. The highest BCUT2D eigenvalue weighted by atomic mass is 16.3. The largest absolute Gasteiger partial charge is 0.507 e. The molecular formula is C26H21N3O3. The van der Waals surface area contributed by atoms with Crippen LogP contribution in [-0.4, -0.2) is 22.6 Å². The number of rotatable bonds is 5. The van der Waals surface area contributed by atoms with Crippen molar-refractivity contribution < 1.29 is 14.7 Å². The molecule has 6 nitrogen and oxygen atoms in total. The van der Waals surface area contributed by atoms with Crippen LogP contribution in [-0.2, 0) is 0 Å². The number of carbonyl (C=O) groups excluding carboxylic acids is 2. The average molecular weight is 423 g/mol. The van der Waals surface area contributed by atoms with E-state index in [1.807, 2.05) is 36.4 Å². The second kappa shape index (κ2) is 9.14. The molecule has 0 bridgehead atoms. The third-order valence-electron chi connectivity index (χ3n) is 5.01. The number of nitrogens with zero attached hydrogens (tertiary/aromatic N) is 1. The third-order valence-corrected chi connectivity index (χ3v) is 5.01. The number of carbonyl (C=O) groups is 2. The Morgan fingerprint density at radius 3 is 2.16 bits per heavy atom. The molecule has 6 heteroatoms. The number of hydrazone groups is 1. The first-order valence-corrected chi connectivity index (χ1v) is 10.0. The van der Waals surface area contributed by atoms with Crippen LogP contribution in [0.5, 0.6) is 5.75 Å². The molecule has 0 aliphatic heterocycles. The smallest absolute Gasteiger partial charge is 0.275 e. The Morgan fingerprint density at radius 1 is 0.750 bits per heavy atom. The van der Waals surface area contributed by atoms with Crippen LogP contribution in [0, 0.1) is 0 Å². The molecule has 0 unspecified atom stereocenters. The normalized spacial score (nSPS) is 11.2. The summed E-state index contributed by atoms with van der Waals surface area (Å²) in [5.41, 5.74) is 5.09. The molecule has 158 valence electrons. The van der Waals surface area contributed by atoms with E-state index < -0.39 is 5.91 Å². The van der Waals surface area contributed by atoms with Crippen molar-refractivity contribution in [1.29, 1.82) is 0 Å². The topological polar surface area (TPSA) is 90.8 Å². The molecular weight excluding hydrogens is 402 g/mol. The van der Waals surface area contributed by atoms with Crippen LogP contribution >= 0.6 is 0 Å². The van der Waals surface area contributed by atoms with Crippen molar-refractivity contribution in [3.8, 4) is 5.75 Å². The van der Waals surface area contributed by atoms with E-state index >= 15 is 0 Å². The van der Waals surface area contributed by atoms with E-state index in [1.54, 1.807) is 61.5 Å². The van der Waals surface area contributed by atoms with Gasteiger partial charge in [-0.1, -0.05) is 54.6 Å². The lowest BCUT2D eigenvalue weighted by Crippen LogP contribution is -2.19. The SMILES string of the molecule is C/C(=N/NC(=O)c1cc2ccccc2cc1O)c1cccc(NC(=O)c2ccccc2)c1. The van der Waals surface area contributed by atoms with Crippen LogP contribution in [0.25, 0.3) is 10.8 Å². The molecule has 0 spiro atoms. The first kappa shape index (κ1) is 20.8. The lowest BCUT2D eigenvalue weighted by Gasteiger charge is -2.09. The predicted octanol–water partition coefficient (Wildman–Crippen LogP) is 4.95. The lowest BCUT2D eigenvalue weighted by molar-refractivity contribution is 0.0951. The average Bonchev–Trinajstić information content (AvgIpc) is 2.82. The Labute approximate surface area is 185 Å². The summed E-state index contributed by atoms with van der Waals surface area (Å²) in [5, 5.41) is 18.9. The Bertz CT molecular complexity index is 1330. The number of phenols is 1. The highest BCUT2D eigenvalue weighted by Crippen LogP contribution is 2.25. The molecule has 0 aliphatic rings. The molecule has 4 aromatic rings. The molecule has 0 aliphatic carbocycles. The van der Waals surface area contributed by atoms with E-state index in [0.29, 0.717) is 17.0 Å². The molecule has 0 fully saturated rings. The fourth-order valence-corrected chi connectivity index (χ4v) is 3.28. The summed E-state index contributed by atoms with van der Waals surface area (Å²) in [5.74, 6) is -0.835. The first-order chi connectivity index (χ1) is 15.5. The fraction of sp³-hybridized carbons (Fsp3) is 0.0385. The number of hydrogen-bond donors (Lipinski definition) is 3. The molecule has 32 heavy (non-hydrogen) atoms. The highest BCUT2D eigenvalue weighted by molar-refractivity contribution is 6.06. The number of anilines is 1. The molecule has 0 heterocycles. The summed E-state index contributed by atoms with van der Waals surface area (Å²) in [4.78, 5) is 24.9. The molecule has 3 N–H and O–H groups in total. The minimum absolute atomic E-state index is 0.111. The van der Waals surface area contributed by atoms with Crippen molar-refractivity contribution in [2.75, 3.05) is 5.32 Å². The summed E-state index contributed by atoms with van der Waals surface area (Å²) in [7, 11) is 0. The van der Waals surface area contributed by atoms with Gasteiger partial charge in [0.05, 0.1) is 11.3 Å². The number of fused-ring (bicyclic) bond motifs is 1. The Kier molecular flexibility index (Phi) is 5.94. The quantitative estimate of drug-likeness (QED) is 0.313. The van der Waals surface area contributed by atoms with Crippen LogP contribution in [0.15, 0.2) is 96.1 Å². The minimum Gasteiger partial charge on any atom is -0.507 e. The van der Waals surface area contributed by atoms with Crippen molar-refractivity contribution in [2.24, 2.45) is 5.10 Å². The summed E-state index contributed by atoms with van der Waals surface area (Å²) < 4.78 is 0. The zero-order valence-corrected chi connectivity index (χ0v) is 17.4. The molecule has 0 atom stereocenters. The summed E-state index contributed by atoms with van der Waals surface area (Å²) in [6.07, 6.45) is 0. The maximum absolute atomic E-state index is 12.6. The van der Waals surface area contributed by atoms with Gasteiger partial charge in [-0.2, -0.15) is 5.10 Å². The summed E-state index contributed by atoms with van der Waals surface area (Å²) in [6, 6.07) is 26.8. The maximum atomic E-state index is 12.6. The van der Waals surface area contributed by atoms with Gasteiger partial charge in [-0.15, -0.1) is 0 Å².